The monoisotopic (exact) mass is 392 g/mol. The smallest absolute Gasteiger partial charge is 0.335 e. The van der Waals surface area contributed by atoms with E-state index in [-0.39, 0.29) is 5.56 Å². The SMILES string of the molecule is Cc1ccc(C2=CCCc3cc(C)c(C#Cc4ccc(C(=O)O)cc4)c(C)c32)cc1. The molecule has 0 saturated carbocycles. The van der Waals surface area contributed by atoms with Crippen LogP contribution < -0.4 is 0 Å². The molecule has 1 aliphatic rings. The summed E-state index contributed by atoms with van der Waals surface area (Å²) in [6.07, 6.45) is 4.45. The maximum Gasteiger partial charge on any atom is 0.335 e. The molecule has 0 amide bonds. The van der Waals surface area contributed by atoms with Gasteiger partial charge in [-0.25, -0.2) is 4.79 Å². The number of carboxylic acids is 1. The molecule has 1 N–H and O–H groups in total. The van der Waals surface area contributed by atoms with Crippen molar-refractivity contribution in [1.29, 1.82) is 0 Å². The number of rotatable bonds is 2. The number of aryl methyl sites for hydroxylation is 3. The number of fused-ring (bicyclic) bond motifs is 1. The van der Waals surface area contributed by atoms with E-state index in [1.54, 1.807) is 24.3 Å². The summed E-state index contributed by atoms with van der Waals surface area (Å²) in [4.78, 5) is 11.0. The van der Waals surface area contributed by atoms with Gasteiger partial charge in [0.15, 0.2) is 0 Å². The standard InChI is InChI=1S/C28H24O2/c1-18-7-12-22(13-8-18)26-6-4-5-24-17-19(2)25(20(3)27(24)26)16-11-21-9-14-23(15-10-21)28(29)30/h6-10,12-15,17H,4-5H2,1-3H3,(H,29,30). The van der Waals surface area contributed by atoms with E-state index >= 15 is 0 Å². The summed E-state index contributed by atoms with van der Waals surface area (Å²) in [6, 6.07) is 17.7. The highest BCUT2D eigenvalue weighted by atomic mass is 16.4. The molecule has 0 atom stereocenters. The molecule has 0 bridgehead atoms. The second-order valence-electron chi connectivity index (χ2n) is 7.88. The van der Waals surface area contributed by atoms with Gasteiger partial charge in [0.2, 0.25) is 0 Å². The summed E-state index contributed by atoms with van der Waals surface area (Å²) in [5.41, 5.74) is 11.0. The second-order valence-corrected chi connectivity index (χ2v) is 7.88. The van der Waals surface area contributed by atoms with Crippen LogP contribution in [0.2, 0.25) is 0 Å². The van der Waals surface area contributed by atoms with Crippen molar-refractivity contribution in [2.45, 2.75) is 33.6 Å². The van der Waals surface area contributed by atoms with Gasteiger partial charge in [0.1, 0.15) is 0 Å². The van der Waals surface area contributed by atoms with Crippen LogP contribution in [0.4, 0.5) is 0 Å². The van der Waals surface area contributed by atoms with Crippen molar-refractivity contribution in [3.63, 3.8) is 0 Å². The van der Waals surface area contributed by atoms with Crippen LogP contribution in [0.3, 0.4) is 0 Å². The Balaban J connectivity index is 1.77. The van der Waals surface area contributed by atoms with Crippen molar-refractivity contribution in [1.82, 2.24) is 0 Å². The lowest BCUT2D eigenvalue weighted by molar-refractivity contribution is 0.0697. The first-order chi connectivity index (χ1) is 14.4. The maximum absolute atomic E-state index is 11.0. The Bertz CT molecular complexity index is 1210. The molecule has 4 rings (SSSR count). The molecular weight excluding hydrogens is 368 g/mol. The van der Waals surface area contributed by atoms with E-state index < -0.39 is 5.97 Å². The van der Waals surface area contributed by atoms with Gasteiger partial charge in [0.25, 0.3) is 0 Å². The van der Waals surface area contributed by atoms with E-state index in [2.05, 4.69) is 69.0 Å². The molecule has 148 valence electrons. The molecule has 0 aliphatic heterocycles. The van der Waals surface area contributed by atoms with Crippen molar-refractivity contribution in [3.8, 4) is 11.8 Å². The topological polar surface area (TPSA) is 37.3 Å². The number of carboxylic acid groups (broad SMARTS) is 1. The minimum Gasteiger partial charge on any atom is -0.478 e. The average Bonchev–Trinajstić information content (AvgIpc) is 2.74. The Morgan fingerprint density at radius 3 is 2.30 bits per heavy atom. The molecular formula is C28H24O2. The maximum atomic E-state index is 11.0. The first-order valence-electron chi connectivity index (χ1n) is 10.2. The summed E-state index contributed by atoms with van der Waals surface area (Å²) in [7, 11) is 0. The summed E-state index contributed by atoms with van der Waals surface area (Å²) in [5.74, 6) is 5.64. The van der Waals surface area contributed by atoms with Crippen LogP contribution in [0.5, 0.6) is 0 Å². The minimum atomic E-state index is -0.925. The van der Waals surface area contributed by atoms with Crippen LogP contribution in [0.1, 0.15) is 61.3 Å². The minimum absolute atomic E-state index is 0.273. The molecule has 0 aromatic heterocycles. The molecule has 30 heavy (non-hydrogen) atoms. The number of aromatic carboxylic acids is 1. The summed E-state index contributed by atoms with van der Waals surface area (Å²) in [6.45, 7) is 6.39. The van der Waals surface area contributed by atoms with Gasteiger partial charge in [0.05, 0.1) is 5.56 Å². The van der Waals surface area contributed by atoms with Gasteiger partial charge in [-0.2, -0.15) is 0 Å². The van der Waals surface area contributed by atoms with Crippen LogP contribution in [0, 0.1) is 32.6 Å². The zero-order valence-corrected chi connectivity index (χ0v) is 17.5. The molecule has 3 aromatic carbocycles. The Labute approximate surface area is 177 Å². The predicted molar refractivity (Wildman–Crippen MR) is 122 cm³/mol. The lowest BCUT2D eigenvalue weighted by atomic mass is 9.81. The fourth-order valence-corrected chi connectivity index (χ4v) is 4.13. The van der Waals surface area contributed by atoms with Gasteiger partial charge in [-0.05, 0) is 91.3 Å². The van der Waals surface area contributed by atoms with E-state index in [0.717, 1.165) is 24.0 Å². The van der Waals surface area contributed by atoms with Gasteiger partial charge < -0.3 is 5.11 Å². The van der Waals surface area contributed by atoms with E-state index in [4.69, 9.17) is 5.11 Å². The second kappa shape index (κ2) is 8.05. The number of benzene rings is 3. The van der Waals surface area contributed by atoms with Crippen molar-refractivity contribution in [2.75, 3.05) is 0 Å². The first-order valence-corrected chi connectivity index (χ1v) is 10.2. The van der Waals surface area contributed by atoms with Crippen LogP contribution in [-0.4, -0.2) is 11.1 Å². The van der Waals surface area contributed by atoms with Crippen LogP contribution >= 0.6 is 0 Å². The normalized spacial score (nSPS) is 12.4. The highest BCUT2D eigenvalue weighted by Crippen LogP contribution is 2.36. The third-order valence-corrected chi connectivity index (χ3v) is 5.71. The molecule has 2 heteroatoms. The molecule has 0 spiro atoms. The number of allylic oxidation sites excluding steroid dienone is 1. The Morgan fingerprint density at radius 1 is 0.933 bits per heavy atom. The van der Waals surface area contributed by atoms with E-state index in [1.165, 1.54) is 39.0 Å². The largest absolute Gasteiger partial charge is 0.478 e. The van der Waals surface area contributed by atoms with Gasteiger partial charge in [-0.1, -0.05) is 53.8 Å². The summed E-state index contributed by atoms with van der Waals surface area (Å²) < 4.78 is 0. The highest BCUT2D eigenvalue weighted by Gasteiger charge is 2.19. The van der Waals surface area contributed by atoms with Gasteiger partial charge in [-0.15, -0.1) is 0 Å². The first kappa shape index (κ1) is 19.7. The molecule has 3 aromatic rings. The third kappa shape index (κ3) is 3.80. The quantitative estimate of drug-likeness (QED) is 0.536. The molecule has 1 aliphatic carbocycles. The lowest BCUT2D eigenvalue weighted by Gasteiger charge is -2.23. The molecule has 2 nitrogen and oxygen atoms in total. The molecule has 0 fully saturated rings. The van der Waals surface area contributed by atoms with Crippen molar-refractivity contribution in [3.05, 3.63) is 111 Å². The Morgan fingerprint density at radius 2 is 1.63 bits per heavy atom. The highest BCUT2D eigenvalue weighted by molar-refractivity contribution is 5.88. The lowest BCUT2D eigenvalue weighted by Crippen LogP contribution is -2.07. The van der Waals surface area contributed by atoms with Crippen LogP contribution in [-0.2, 0) is 6.42 Å². The Hall–Kier alpha value is -3.57. The van der Waals surface area contributed by atoms with E-state index in [9.17, 15) is 4.79 Å². The zero-order valence-electron chi connectivity index (χ0n) is 17.5. The van der Waals surface area contributed by atoms with Crippen molar-refractivity contribution >= 4 is 11.5 Å². The number of hydrogen-bond acceptors (Lipinski definition) is 1. The van der Waals surface area contributed by atoms with Crippen LogP contribution in [0.15, 0.2) is 60.7 Å². The number of hydrogen-bond donors (Lipinski definition) is 1. The van der Waals surface area contributed by atoms with Crippen molar-refractivity contribution in [2.24, 2.45) is 0 Å². The summed E-state index contributed by atoms with van der Waals surface area (Å²) >= 11 is 0. The number of carbonyl (C=O) groups is 1. The average molecular weight is 392 g/mol. The Kier molecular flexibility index (Phi) is 5.29. The molecule has 0 heterocycles. The molecule has 0 unspecified atom stereocenters. The van der Waals surface area contributed by atoms with Crippen molar-refractivity contribution < 1.29 is 9.90 Å². The summed E-state index contributed by atoms with van der Waals surface area (Å²) in [5, 5.41) is 9.06. The van der Waals surface area contributed by atoms with Gasteiger partial charge in [-0.3, -0.25) is 0 Å². The van der Waals surface area contributed by atoms with Gasteiger partial charge in [0, 0.05) is 11.1 Å². The van der Waals surface area contributed by atoms with Gasteiger partial charge >= 0.3 is 5.97 Å². The fourth-order valence-electron chi connectivity index (χ4n) is 4.13. The predicted octanol–water partition coefficient (Wildman–Crippen LogP) is 6.09. The fraction of sp³-hybridized carbons (Fsp3) is 0.179. The zero-order chi connectivity index (χ0) is 21.3. The molecule has 0 radical (unpaired) electrons. The van der Waals surface area contributed by atoms with E-state index in [0.29, 0.717) is 0 Å². The van der Waals surface area contributed by atoms with Crippen LogP contribution in [0.25, 0.3) is 5.57 Å². The molecule has 0 saturated heterocycles. The van der Waals surface area contributed by atoms with E-state index in [1.807, 2.05) is 0 Å². The third-order valence-electron chi connectivity index (χ3n) is 5.71.